The van der Waals surface area contributed by atoms with E-state index < -0.39 is 5.60 Å². The molecule has 2 nitrogen and oxygen atoms in total. The molecule has 1 atom stereocenters. The van der Waals surface area contributed by atoms with Crippen LogP contribution < -0.4 is 0 Å². The van der Waals surface area contributed by atoms with Crippen molar-refractivity contribution in [1.29, 1.82) is 0 Å². The normalized spacial score (nSPS) is 29.8. The Morgan fingerprint density at radius 2 is 1.80 bits per heavy atom. The van der Waals surface area contributed by atoms with Crippen molar-refractivity contribution in [2.24, 2.45) is 5.41 Å². The monoisotopic (exact) mass is 211 g/mol. The molecule has 1 unspecified atom stereocenters. The van der Waals surface area contributed by atoms with Crippen molar-refractivity contribution in [1.82, 2.24) is 4.90 Å². The molecular formula is C13H25NO. The van der Waals surface area contributed by atoms with Crippen LogP contribution in [0.15, 0.2) is 0 Å². The van der Waals surface area contributed by atoms with E-state index in [4.69, 9.17) is 0 Å². The first-order valence-corrected chi connectivity index (χ1v) is 6.50. The summed E-state index contributed by atoms with van der Waals surface area (Å²) in [5.74, 6) is 0. The Hall–Kier alpha value is -0.0800. The molecule has 0 aromatic carbocycles. The zero-order valence-corrected chi connectivity index (χ0v) is 10.3. The SMILES string of the molecule is CCC(C)(O)CN1CC2(CCCCC2)C1. The summed E-state index contributed by atoms with van der Waals surface area (Å²) in [6.45, 7) is 7.37. The van der Waals surface area contributed by atoms with Crippen LogP contribution in [0.5, 0.6) is 0 Å². The van der Waals surface area contributed by atoms with E-state index in [0.717, 1.165) is 13.0 Å². The number of likely N-dealkylation sites (tertiary alicyclic amines) is 1. The summed E-state index contributed by atoms with van der Waals surface area (Å²) < 4.78 is 0. The zero-order chi connectivity index (χ0) is 10.9. The summed E-state index contributed by atoms with van der Waals surface area (Å²) in [7, 11) is 0. The lowest BCUT2D eigenvalue weighted by Gasteiger charge is -2.54. The number of hydrogen-bond acceptors (Lipinski definition) is 2. The molecule has 2 aliphatic rings. The van der Waals surface area contributed by atoms with Crippen molar-refractivity contribution in [3.63, 3.8) is 0 Å². The summed E-state index contributed by atoms with van der Waals surface area (Å²) in [4.78, 5) is 2.44. The van der Waals surface area contributed by atoms with Gasteiger partial charge < -0.3 is 5.11 Å². The first-order chi connectivity index (χ1) is 7.05. The predicted octanol–water partition coefficient (Wildman–Crippen LogP) is 2.41. The van der Waals surface area contributed by atoms with E-state index in [1.165, 1.54) is 45.2 Å². The molecule has 2 fully saturated rings. The average Bonchev–Trinajstić information content (AvgIpc) is 2.17. The highest BCUT2D eigenvalue weighted by Crippen LogP contribution is 2.44. The second-order valence-electron chi connectivity index (χ2n) is 6.06. The van der Waals surface area contributed by atoms with Crippen molar-refractivity contribution in [2.45, 2.75) is 58.0 Å². The van der Waals surface area contributed by atoms with Gasteiger partial charge in [-0.2, -0.15) is 0 Å². The Morgan fingerprint density at radius 3 is 2.33 bits per heavy atom. The summed E-state index contributed by atoms with van der Waals surface area (Å²) in [6.07, 6.45) is 8.01. The molecule has 15 heavy (non-hydrogen) atoms. The predicted molar refractivity (Wildman–Crippen MR) is 62.9 cm³/mol. The molecule has 1 saturated heterocycles. The Kier molecular flexibility index (Phi) is 3.09. The van der Waals surface area contributed by atoms with E-state index in [0.29, 0.717) is 5.41 Å². The van der Waals surface area contributed by atoms with Crippen LogP contribution in [0, 0.1) is 5.41 Å². The smallest absolute Gasteiger partial charge is 0.0743 e. The molecule has 1 aliphatic carbocycles. The first kappa shape index (κ1) is 11.4. The molecule has 1 N–H and O–H groups in total. The van der Waals surface area contributed by atoms with Crippen LogP contribution in [0.4, 0.5) is 0 Å². The van der Waals surface area contributed by atoms with Gasteiger partial charge in [-0.15, -0.1) is 0 Å². The molecule has 1 spiro atoms. The number of nitrogens with zero attached hydrogens (tertiary/aromatic N) is 1. The molecule has 1 saturated carbocycles. The van der Waals surface area contributed by atoms with E-state index in [1.807, 2.05) is 6.92 Å². The van der Waals surface area contributed by atoms with Crippen molar-refractivity contribution in [2.75, 3.05) is 19.6 Å². The maximum atomic E-state index is 10.0. The summed E-state index contributed by atoms with van der Waals surface area (Å²) in [6, 6.07) is 0. The Bertz CT molecular complexity index is 211. The molecular weight excluding hydrogens is 186 g/mol. The van der Waals surface area contributed by atoms with Crippen molar-refractivity contribution in [3.05, 3.63) is 0 Å². The van der Waals surface area contributed by atoms with Crippen LogP contribution in [0.2, 0.25) is 0 Å². The van der Waals surface area contributed by atoms with Crippen molar-refractivity contribution in [3.8, 4) is 0 Å². The minimum absolute atomic E-state index is 0.476. The standard InChI is InChI=1S/C13H25NO/c1-3-12(2,15)9-14-10-13(11-14)7-5-4-6-8-13/h15H,3-11H2,1-2H3. The van der Waals surface area contributed by atoms with Gasteiger partial charge in [-0.25, -0.2) is 0 Å². The van der Waals surface area contributed by atoms with Gasteiger partial charge in [0.2, 0.25) is 0 Å². The van der Waals surface area contributed by atoms with Crippen LogP contribution >= 0.6 is 0 Å². The molecule has 0 bridgehead atoms. The Morgan fingerprint density at radius 1 is 1.20 bits per heavy atom. The lowest BCUT2D eigenvalue weighted by atomic mass is 9.68. The van der Waals surface area contributed by atoms with E-state index in [1.54, 1.807) is 0 Å². The van der Waals surface area contributed by atoms with Gasteiger partial charge in [-0.3, -0.25) is 4.90 Å². The lowest BCUT2D eigenvalue weighted by Crippen LogP contribution is -2.60. The van der Waals surface area contributed by atoms with E-state index in [-0.39, 0.29) is 0 Å². The minimum atomic E-state index is -0.476. The van der Waals surface area contributed by atoms with Gasteiger partial charge in [0, 0.05) is 19.6 Å². The largest absolute Gasteiger partial charge is 0.389 e. The van der Waals surface area contributed by atoms with Gasteiger partial charge >= 0.3 is 0 Å². The number of aliphatic hydroxyl groups is 1. The highest BCUT2D eigenvalue weighted by atomic mass is 16.3. The summed E-state index contributed by atoms with van der Waals surface area (Å²) in [5, 5.41) is 10.0. The van der Waals surface area contributed by atoms with Gasteiger partial charge in [0.1, 0.15) is 0 Å². The van der Waals surface area contributed by atoms with Crippen LogP contribution in [-0.2, 0) is 0 Å². The Balaban J connectivity index is 1.77. The van der Waals surface area contributed by atoms with Crippen LogP contribution in [0.1, 0.15) is 52.4 Å². The van der Waals surface area contributed by atoms with E-state index >= 15 is 0 Å². The van der Waals surface area contributed by atoms with Crippen LogP contribution in [-0.4, -0.2) is 35.2 Å². The quantitative estimate of drug-likeness (QED) is 0.775. The molecule has 1 aliphatic heterocycles. The van der Waals surface area contributed by atoms with Crippen LogP contribution in [0.25, 0.3) is 0 Å². The number of rotatable bonds is 3. The van der Waals surface area contributed by atoms with Gasteiger partial charge in [-0.05, 0) is 31.6 Å². The van der Waals surface area contributed by atoms with E-state index in [9.17, 15) is 5.11 Å². The van der Waals surface area contributed by atoms with E-state index in [2.05, 4.69) is 11.8 Å². The minimum Gasteiger partial charge on any atom is -0.389 e. The van der Waals surface area contributed by atoms with Gasteiger partial charge in [-0.1, -0.05) is 26.2 Å². The molecule has 1 heterocycles. The third-order valence-electron chi connectivity index (χ3n) is 4.36. The third kappa shape index (κ3) is 2.54. The van der Waals surface area contributed by atoms with Crippen molar-refractivity contribution >= 4 is 0 Å². The molecule has 2 heteroatoms. The summed E-state index contributed by atoms with van der Waals surface area (Å²) in [5.41, 5.74) is 0.179. The maximum absolute atomic E-state index is 10.0. The van der Waals surface area contributed by atoms with Crippen LogP contribution in [0.3, 0.4) is 0 Å². The van der Waals surface area contributed by atoms with Gasteiger partial charge in [0.05, 0.1) is 5.60 Å². The fraction of sp³-hybridized carbons (Fsp3) is 1.00. The third-order valence-corrected chi connectivity index (χ3v) is 4.36. The molecule has 88 valence electrons. The number of β-amino-alcohol motifs (C(OH)–C–C–N with tert-alkyl or cyclic N) is 1. The fourth-order valence-corrected chi connectivity index (χ4v) is 3.23. The average molecular weight is 211 g/mol. The van der Waals surface area contributed by atoms with Gasteiger partial charge in [0.15, 0.2) is 0 Å². The molecule has 0 amide bonds. The topological polar surface area (TPSA) is 23.5 Å². The Labute approximate surface area is 93.7 Å². The highest BCUT2D eigenvalue weighted by molar-refractivity contribution is 4.98. The molecule has 0 aromatic heterocycles. The summed E-state index contributed by atoms with van der Waals surface area (Å²) >= 11 is 0. The number of hydrogen-bond donors (Lipinski definition) is 1. The van der Waals surface area contributed by atoms with Crippen molar-refractivity contribution < 1.29 is 5.11 Å². The molecule has 2 rings (SSSR count). The molecule has 0 radical (unpaired) electrons. The molecule has 0 aromatic rings. The highest BCUT2D eigenvalue weighted by Gasteiger charge is 2.44. The second kappa shape index (κ2) is 4.06. The first-order valence-electron chi connectivity index (χ1n) is 6.50. The fourth-order valence-electron chi connectivity index (χ4n) is 3.23. The zero-order valence-electron chi connectivity index (χ0n) is 10.3. The lowest BCUT2D eigenvalue weighted by molar-refractivity contribution is -0.0765. The second-order valence-corrected chi connectivity index (χ2v) is 6.06. The van der Waals surface area contributed by atoms with Gasteiger partial charge in [0.25, 0.3) is 0 Å². The maximum Gasteiger partial charge on any atom is 0.0743 e.